The Hall–Kier alpha value is -0.120. The highest BCUT2D eigenvalue weighted by Crippen LogP contribution is 2.27. The van der Waals surface area contributed by atoms with E-state index in [1.807, 2.05) is 7.11 Å². The van der Waals surface area contributed by atoms with E-state index >= 15 is 0 Å². The zero-order chi connectivity index (χ0) is 13.4. The molecule has 0 amide bonds. The van der Waals surface area contributed by atoms with Crippen LogP contribution >= 0.6 is 0 Å². The molecule has 1 N–H and O–H groups in total. The van der Waals surface area contributed by atoms with Crippen LogP contribution in [0.5, 0.6) is 0 Å². The number of hydrogen-bond acceptors (Lipinski definition) is 3. The molecule has 3 heteroatoms. The first-order chi connectivity index (χ1) is 8.78. The number of rotatable bonds is 9. The fraction of sp³-hybridized carbons (Fsp3) is 1.00. The van der Waals surface area contributed by atoms with Crippen LogP contribution < -0.4 is 5.32 Å². The van der Waals surface area contributed by atoms with Gasteiger partial charge in [0, 0.05) is 31.8 Å². The summed E-state index contributed by atoms with van der Waals surface area (Å²) in [5.74, 6) is 0. The lowest BCUT2D eigenvalue weighted by molar-refractivity contribution is 0.0707. The molecule has 2 unspecified atom stereocenters. The van der Waals surface area contributed by atoms with E-state index in [9.17, 15) is 0 Å². The van der Waals surface area contributed by atoms with Gasteiger partial charge in [0.25, 0.3) is 0 Å². The number of ether oxygens (including phenoxy) is 1. The molecule has 3 nitrogen and oxygen atoms in total. The first-order valence-corrected chi connectivity index (χ1v) is 7.76. The Balaban J connectivity index is 2.67. The third-order valence-electron chi connectivity index (χ3n) is 4.34. The van der Waals surface area contributed by atoms with Crippen LogP contribution in [0.2, 0.25) is 0 Å². The van der Waals surface area contributed by atoms with Gasteiger partial charge in [-0.3, -0.25) is 4.90 Å². The van der Waals surface area contributed by atoms with Crippen molar-refractivity contribution in [2.24, 2.45) is 0 Å². The fourth-order valence-electron chi connectivity index (χ4n) is 3.41. The molecule has 1 saturated carbocycles. The summed E-state index contributed by atoms with van der Waals surface area (Å²) in [6.07, 6.45) is 6.54. The quantitative estimate of drug-likeness (QED) is 0.686. The molecule has 2 atom stereocenters. The molecule has 0 heterocycles. The molecule has 0 spiro atoms. The van der Waals surface area contributed by atoms with Crippen LogP contribution in [0.15, 0.2) is 0 Å². The van der Waals surface area contributed by atoms with Crippen LogP contribution in [-0.4, -0.2) is 49.8 Å². The minimum absolute atomic E-state index is 0.687. The van der Waals surface area contributed by atoms with Crippen LogP contribution in [0, 0.1) is 0 Å². The second-order valence-electron chi connectivity index (χ2n) is 5.36. The van der Waals surface area contributed by atoms with Gasteiger partial charge in [0.1, 0.15) is 0 Å². The summed E-state index contributed by atoms with van der Waals surface area (Å²) in [6.45, 7) is 9.85. The summed E-state index contributed by atoms with van der Waals surface area (Å²) in [4.78, 5) is 2.71. The van der Waals surface area contributed by atoms with Crippen molar-refractivity contribution in [1.82, 2.24) is 10.2 Å². The van der Waals surface area contributed by atoms with Crippen LogP contribution in [0.3, 0.4) is 0 Å². The number of nitrogens with zero attached hydrogens (tertiary/aromatic N) is 1. The minimum atomic E-state index is 0.687. The van der Waals surface area contributed by atoms with Gasteiger partial charge in [0.15, 0.2) is 0 Å². The molecule has 1 aliphatic rings. The zero-order valence-electron chi connectivity index (χ0n) is 12.7. The van der Waals surface area contributed by atoms with E-state index in [1.54, 1.807) is 0 Å². The molecule has 108 valence electrons. The highest BCUT2D eigenvalue weighted by atomic mass is 16.5. The van der Waals surface area contributed by atoms with Gasteiger partial charge in [-0.2, -0.15) is 0 Å². The van der Waals surface area contributed by atoms with Crippen molar-refractivity contribution in [3.05, 3.63) is 0 Å². The average Bonchev–Trinajstić information content (AvgIpc) is 2.83. The summed E-state index contributed by atoms with van der Waals surface area (Å²) in [5, 5.41) is 3.67. The van der Waals surface area contributed by atoms with Crippen molar-refractivity contribution in [3.8, 4) is 0 Å². The van der Waals surface area contributed by atoms with Crippen molar-refractivity contribution < 1.29 is 4.74 Å². The van der Waals surface area contributed by atoms with E-state index in [1.165, 1.54) is 32.1 Å². The summed E-state index contributed by atoms with van der Waals surface area (Å²) < 4.78 is 5.30. The van der Waals surface area contributed by atoms with Crippen LogP contribution in [0.25, 0.3) is 0 Å². The highest BCUT2D eigenvalue weighted by molar-refractivity contribution is 4.92. The maximum absolute atomic E-state index is 5.30. The average molecular weight is 256 g/mol. The molecule has 0 aromatic heterocycles. The molecule has 0 aromatic rings. The van der Waals surface area contributed by atoms with Crippen molar-refractivity contribution >= 4 is 0 Å². The monoisotopic (exact) mass is 256 g/mol. The molecule has 18 heavy (non-hydrogen) atoms. The Morgan fingerprint density at radius 3 is 2.50 bits per heavy atom. The van der Waals surface area contributed by atoms with Gasteiger partial charge in [-0.15, -0.1) is 0 Å². The van der Waals surface area contributed by atoms with Crippen molar-refractivity contribution in [2.75, 3.05) is 26.8 Å². The standard InChI is InChI=1S/C15H32N2O/c1-5-13(6-2)17(11-12-18-4)15-10-8-9-14(15)16-7-3/h13-16H,5-12H2,1-4H3. The molecule has 1 aliphatic carbocycles. The van der Waals surface area contributed by atoms with E-state index in [0.29, 0.717) is 18.1 Å². The Morgan fingerprint density at radius 1 is 1.22 bits per heavy atom. The summed E-state index contributed by atoms with van der Waals surface area (Å²) in [6, 6.07) is 2.11. The van der Waals surface area contributed by atoms with Gasteiger partial charge in [-0.1, -0.05) is 27.2 Å². The lowest BCUT2D eigenvalue weighted by Crippen LogP contribution is -2.51. The van der Waals surface area contributed by atoms with E-state index in [2.05, 4.69) is 31.0 Å². The molecule has 1 rings (SSSR count). The Bertz CT molecular complexity index is 207. The van der Waals surface area contributed by atoms with Gasteiger partial charge >= 0.3 is 0 Å². The van der Waals surface area contributed by atoms with Gasteiger partial charge in [0.05, 0.1) is 6.61 Å². The minimum Gasteiger partial charge on any atom is -0.383 e. The highest BCUT2D eigenvalue weighted by Gasteiger charge is 2.33. The smallest absolute Gasteiger partial charge is 0.0589 e. The number of methoxy groups -OCH3 is 1. The Morgan fingerprint density at radius 2 is 1.94 bits per heavy atom. The topological polar surface area (TPSA) is 24.5 Å². The molecule has 0 bridgehead atoms. The van der Waals surface area contributed by atoms with E-state index in [4.69, 9.17) is 4.74 Å². The normalized spacial score (nSPS) is 24.3. The first-order valence-electron chi connectivity index (χ1n) is 7.76. The van der Waals surface area contributed by atoms with Gasteiger partial charge in [0.2, 0.25) is 0 Å². The molecular formula is C15H32N2O. The van der Waals surface area contributed by atoms with E-state index < -0.39 is 0 Å². The van der Waals surface area contributed by atoms with Crippen molar-refractivity contribution in [1.29, 1.82) is 0 Å². The van der Waals surface area contributed by atoms with Gasteiger partial charge in [-0.05, 0) is 32.2 Å². The molecule has 0 aliphatic heterocycles. The Labute approximate surface area is 113 Å². The second-order valence-corrected chi connectivity index (χ2v) is 5.36. The number of hydrogen-bond donors (Lipinski definition) is 1. The van der Waals surface area contributed by atoms with Gasteiger partial charge < -0.3 is 10.1 Å². The summed E-state index contributed by atoms with van der Waals surface area (Å²) in [5.41, 5.74) is 0. The van der Waals surface area contributed by atoms with Gasteiger partial charge in [-0.25, -0.2) is 0 Å². The van der Waals surface area contributed by atoms with E-state index in [-0.39, 0.29) is 0 Å². The molecular weight excluding hydrogens is 224 g/mol. The van der Waals surface area contributed by atoms with Crippen LogP contribution in [0.4, 0.5) is 0 Å². The predicted octanol–water partition coefficient (Wildman–Crippen LogP) is 2.65. The number of nitrogens with one attached hydrogen (secondary N) is 1. The maximum Gasteiger partial charge on any atom is 0.0589 e. The van der Waals surface area contributed by atoms with Crippen molar-refractivity contribution in [2.45, 2.75) is 71.0 Å². The van der Waals surface area contributed by atoms with Crippen LogP contribution in [-0.2, 0) is 4.74 Å². The third-order valence-corrected chi connectivity index (χ3v) is 4.34. The van der Waals surface area contributed by atoms with E-state index in [0.717, 1.165) is 19.7 Å². The fourth-order valence-corrected chi connectivity index (χ4v) is 3.41. The maximum atomic E-state index is 5.30. The lowest BCUT2D eigenvalue weighted by atomic mass is 10.0. The third kappa shape index (κ3) is 4.22. The molecule has 0 aromatic carbocycles. The molecule has 0 saturated heterocycles. The zero-order valence-corrected chi connectivity index (χ0v) is 12.7. The lowest BCUT2D eigenvalue weighted by Gasteiger charge is -2.38. The van der Waals surface area contributed by atoms with Crippen molar-refractivity contribution in [3.63, 3.8) is 0 Å². The van der Waals surface area contributed by atoms with Crippen LogP contribution in [0.1, 0.15) is 52.9 Å². The summed E-state index contributed by atoms with van der Waals surface area (Å²) >= 11 is 0. The summed E-state index contributed by atoms with van der Waals surface area (Å²) in [7, 11) is 1.81. The molecule has 0 radical (unpaired) electrons. The predicted molar refractivity (Wildman–Crippen MR) is 78.1 cm³/mol. The first kappa shape index (κ1) is 15.9. The second kappa shape index (κ2) is 8.89. The largest absolute Gasteiger partial charge is 0.383 e. The number of likely N-dealkylation sites (N-methyl/N-ethyl adjacent to an activating group) is 1. The Kier molecular flexibility index (Phi) is 7.87. The molecule has 1 fully saturated rings. The SMILES string of the molecule is CCNC1CCCC1N(CCOC)C(CC)CC.